The Labute approximate surface area is 119 Å². The number of carboxylic acid groups (broad SMARTS) is 1. The average Bonchev–Trinajstić information content (AvgIpc) is 2.69. The summed E-state index contributed by atoms with van der Waals surface area (Å²) in [6.07, 6.45) is 0. The Bertz CT molecular complexity index is 619. The van der Waals surface area contributed by atoms with Crippen LogP contribution in [0.1, 0.15) is 27.4 Å². The molecule has 0 fully saturated rings. The predicted molar refractivity (Wildman–Crippen MR) is 76.6 cm³/mol. The Hall–Kier alpha value is -1.75. The number of benzene rings is 1. The lowest BCUT2D eigenvalue weighted by molar-refractivity contribution is 0.0695. The van der Waals surface area contributed by atoms with Gasteiger partial charge in [0.1, 0.15) is 17.1 Å². The number of halogens is 1. The van der Waals surface area contributed by atoms with Crippen LogP contribution in [0.25, 0.3) is 0 Å². The van der Waals surface area contributed by atoms with Crippen molar-refractivity contribution < 1.29 is 14.3 Å². The van der Waals surface area contributed by atoms with Gasteiger partial charge in [0.25, 0.3) is 0 Å². The van der Waals surface area contributed by atoms with Gasteiger partial charge in [-0.3, -0.25) is 0 Å². The largest absolute Gasteiger partial charge is 0.478 e. The second kappa shape index (κ2) is 5.48. The highest BCUT2D eigenvalue weighted by molar-refractivity contribution is 9.10. The Morgan fingerprint density at radius 3 is 2.68 bits per heavy atom. The molecule has 1 aromatic carbocycles. The topological polar surface area (TPSA) is 62.5 Å². The molecule has 0 spiro atoms. The van der Waals surface area contributed by atoms with Crippen LogP contribution in [0.4, 0.5) is 5.69 Å². The molecule has 0 radical (unpaired) electrons. The average molecular weight is 324 g/mol. The van der Waals surface area contributed by atoms with Gasteiger partial charge >= 0.3 is 5.97 Å². The quantitative estimate of drug-likeness (QED) is 0.893. The highest BCUT2D eigenvalue weighted by Gasteiger charge is 2.13. The lowest BCUT2D eigenvalue weighted by atomic mass is 10.2. The fourth-order valence-corrected chi connectivity index (χ4v) is 2.42. The third-order valence-corrected chi connectivity index (χ3v) is 3.43. The number of aryl methyl sites for hydroxylation is 2. The first-order valence-corrected chi connectivity index (χ1v) is 6.59. The Kier molecular flexibility index (Phi) is 3.95. The first-order chi connectivity index (χ1) is 8.97. The number of nitrogens with one attached hydrogen (secondary N) is 1. The number of anilines is 1. The number of hydrogen-bond donors (Lipinski definition) is 2. The molecule has 2 rings (SSSR count). The maximum absolute atomic E-state index is 10.9. The lowest BCUT2D eigenvalue weighted by Gasteiger charge is -2.07. The molecular weight excluding hydrogens is 310 g/mol. The first kappa shape index (κ1) is 13.7. The standard InChI is InChI=1S/C14H14BrNO3/c1-8-3-4-13(12(15)5-8)16-7-10-6-11(14(17)18)9(2)19-10/h3-6,16H,7H2,1-2H3,(H,17,18). The summed E-state index contributed by atoms with van der Waals surface area (Å²) in [7, 11) is 0. The van der Waals surface area contributed by atoms with Crippen LogP contribution in [-0.2, 0) is 6.54 Å². The zero-order valence-corrected chi connectivity index (χ0v) is 12.2. The van der Waals surface area contributed by atoms with Crippen molar-refractivity contribution in [3.8, 4) is 0 Å². The van der Waals surface area contributed by atoms with E-state index in [0.29, 0.717) is 18.1 Å². The normalized spacial score (nSPS) is 10.5. The molecule has 0 aliphatic carbocycles. The van der Waals surface area contributed by atoms with E-state index < -0.39 is 5.97 Å². The summed E-state index contributed by atoms with van der Waals surface area (Å²) in [6, 6.07) is 7.53. The second-order valence-electron chi connectivity index (χ2n) is 4.32. The van der Waals surface area contributed by atoms with Crippen molar-refractivity contribution >= 4 is 27.6 Å². The second-order valence-corrected chi connectivity index (χ2v) is 5.18. The van der Waals surface area contributed by atoms with Gasteiger partial charge < -0.3 is 14.8 Å². The maximum atomic E-state index is 10.9. The maximum Gasteiger partial charge on any atom is 0.339 e. The molecule has 0 unspecified atom stereocenters. The van der Waals surface area contributed by atoms with Gasteiger partial charge in [-0.25, -0.2) is 4.79 Å². The number of rotatable bonds is 4. The number of carbonyl (C=O) groups is 1. The number of aromatic carboxylic acids is 1. The van der Waals surface area contributed by atoms with Crippen molar-refractivity contribution in [1.29, 1.82) is 0 Å². The van der Waals surface area contributed by atoms with Crippen molar-refractivity contribution in [2.75, 3.05) is 5.32 Å². The van der Waals surface area contributed by atoms with E-state index in [-0.39, 0.29) is 5.56 Å². The summed E-state index contributed by atoms with van der Waals surface area (Å²) in [5.74, 6) is 0.0543. The van der Waals surface area contributed by atoms with E-state index in [1.165, 1.54) is 5.56 Å². The number of hydrogen-bond acceptors (Lipinski definition) is 3. The van der Waals surface area contributed by atoms with Crippen LogP contribution < -0.4 is 5.32 Å². The molecule has 1 aromatic heterocycles. The fraction of sp³-hybridized carbons (Fsp3) is 0.214. The van der Waals surface area contributed by atoms with Crippen molar-refractivity contribution in [2.24, 2.45) is 0 Å². The molecule has 0 aliphatic rings. The highest BCUT2D eigenvalue weighted by atomic mass is 79.9. The summed E-state index contributed by atoms with van der Waals surface area (Å²) < 4.78 is 6.37. The van der Waals surface area contributed by atoms with Gasteiger partial charge in [-0.15, -0.1) is 0 Å². The van der Waals surface area contributed by atoms with E-state index in [9.17, 15) is 4.79 Å². The molecule has 0 amide bonds. The van der Waals surface area contributed by atoms with Crippen LogP contribution in [0.3, 0.4) is 0 Å². The summed E-state index contributed by atoms with van der Waals surface area (Å²) in [5.41, 5.74) is 2.32. The molecule has 1 heterocycles. The molecular formula is C14H14BrNO3. The number of carboxylic acids is 1. The van der Waals surface area contributed by atoms with E-state index in [0.717, 1.165) is 10.2 Å². The van der Waals surface area contributed by atoms with Crippen LogP contribution in [0.5, 0.6) is 0 Å². The first-order valence-electron chi connectivity index (χ1n) is 5.80. The van der Waals surface area contributed by atoms with Crippen LogP contribution >= 0.6 is 15.9 Å². The van der Waals surface area contributed by atoms with Crippen molar-refractivity contribution in [3.63, 3.8) is 0 Å². The molecule has 5 heteroatoms. The molecule has 0 atom stereocenters. The predicted octanol–water partition coefficient (Wildman–Crippen LogP) is 3.97. The van der Waals surface area contributed by atoms with Crippen LogP contribution in [-0.4, -0.2) is 11.1 Å². The molecule has 2 aromatic rings. The number of furan rings is 1. The zero-order chi connectivity index (χ0) is 14.0. The summed E-state index contributed by atoms with van der Waals surface area (Å²) in [6.45, 7) is 4.11. The third kappa shape index (κ3) is 3.17. The van der Waals surface area contributed by atoms with E-state index in [4.69, 9.17) is 9.52 Å². The summed E-state index contributed by atoms with van der Waals surface area (Å²) in [4.78, 5) is 10.9. The van der Waals surface area contributed by atoms with Gasteiger partial charge in [-0.05, 0) is 53.5 Å². The van der Waals surface area contributed by atoms with Gasteiger partial charge in [0.2, 0.25) is 0 Å². The van der Waals surface area contributed by atoms with E-state index in [1.807, 2.05) is 25.1 Å². The third-order valence-electron chi connectivity index (χ3n) is 2.78. The van der Waals surface area contributed by atoms with Crippen molar-refractivity contribution in [2.45, 2.75) is 20.4 Å². The van der Waals surface area contributed by atoms with Gasteiger partial charge in [0.05, 0.1) is 6.54 Å². The van der Waals surface area contributed by atoms with Gasteiger partial charge in [-0.1, -0.05) is 6.07 Å². The molecule has 0 aliphatic heterocycles. The minimum Gasteiger partial charge on any atom is -0.478 e. The minimum atomic E-state index is -0.969. The monoisotopic (exact) mass is 323 g/mol. The van der Waals surface area contributed by atoms with Gasteiger partial charge in [0.15, 0.2) is 0 Å². The van der Waals surface area contributed by atoms with E-state index >= 15 is 0 Å². The van der Waals surface area contributed by atoms with Gasteiger partial charge in [0, 0.05) is 10.2 Å². The molecule has 0 bridgehead atoms. The Morgan fingerprint density at radius 2 is 2.11 bits per heavy atom. The molecule has 4 nitrogen and oxygen atoms in total. The summed E-state index contributed by atoms with van der Waals surface area (Å²) >= 11 is 3.48. The SMILES string of the molecule is Cc1ccc(NCc2cc(C(=O)O)c(C)o2)c(Br)c1. The molecule has 100 valence electrons. The van der Waals surface area contributed by atoms with Crippen LogP contribution in [0.15, 0.2) is 33.2 Å². The van der Waals surface area contributed by atoms with Crippen LogP contribution in [0.2, 0.25) is 0 Å². The fourth-order valence-electron chi connectivity index (χ4n) is 1.79. The lowest BCUT2D eigenvalue weighted by Crippen LogP contribution is -1.99. The van der Waals surface area contributed by atoms with E-state index in [2.05, 4.69) is 21.2 Å². The smallest absolute Gasteiger partial charge is 0.339 e. The van der Waals surface area contributed by atoms with Gasteiger partial charge in [-0.2, -0.15) is 0 Å². The zero-order valence-electron chi connectivity index (χ0n) is 10.7. The van der Waals surface area contributed by atoms with Crippen molar-refractivity contribution in [3.05, 3.63) is 51.4 Å². The van der Waals surface area contributed by atoms with Crippen molar-refractivity contribution in [1.82, 2.24) is 0 Å². The molecule has 0 saturated carbocycles. The molecule has 0 saturated heterocycles. The molecule has 19 heavy (non-hydrogen) atoms. The van der Waals surface area contributed by atoms with E-state index in [1.54, 1.807) is 13.0 Å². The Morgan fingerprint density at radius 1 is 1.37 bits per heavy atom. The summed E-state index contributed by atoms with van der Waals surface area (Å²) in [5, 5.41) is 12.2. The molecule has 2 N–H and O–H groups in total. The highest BCUT2D eigenvalue weighted by Crippen LogP contribution is 2.24. The van der Waals surface area contributed by atoms with Crippen LogP contribution in [0, 0.1) is 13.8 Å². The Balaban J connectivity index is 2.10. The minimum absolute atomic E-state index is 0.208.